The number of carbonyl (C=O) groups excluding carboxylic acids is 3. The molecule has 1 aliphatic rings. The van der Waals surface area contributed by atoms with Gasteiger partial charge in [0.2, 0.25) is 11.7 Å². The zero-order valence-electron chi connectivity index (χ0n) is 12.3. The Morgan fingerprint density at radius 2 is 1.95 bits per heavy atom. The molecule has 112 valence electrons. The fraction of sp³-hybridized carbons (Fsp3) is 0.438. The van der Waals surface area contributed by atoms with Crippen LogP contribution < -0.4 is 10.6 Å². The number of amides is 2. The lowest BCUT2D eigenvalue weighted by Gasteiger charge is -2.16. The molecule has 21 heavy (non-hydrogen) atoms. The second kappa shape index (κ2) is 6.52. The molecule has 1 aliphatic heterocycles. The predicted octanol–water partition coefficient (Wildman–Crippen LogP) is 0.685. The van der Waals surface area contributed by atoms with Crippen molar-refractivity contribution in [1.29, 1.82) is 0 Å². The molecule has 1 saturated heterocycles. The quantitative estimate of drug-likeness (QED) is 0.783. The minimum absolute atomic E-state index is 0.0981. The lowest BCUT2D eigenvalue weighted by molar-refractivity contribution is -0.141. The van der Waals surface area contributed by atoms with Crippen molar-refractivity contribution >= 4 is 17.6 Å². The third-order valence-electron chi connectivity index (χ3n) is 3.60. The van der Waals surface area contributed by atoms with E-state index < -0.39 is 23.5 Å². The predicted molar refractivity (Wildman–Crippen MR) is 78.4 cm³/mol. The zero-order chi connectivity index (χ0) is 15.4. The summed E-state index contributed by atoms with van der Waals surface area (Å²) < 4.78 is 0. The minimum atomic E-state index is -0.607. The molecule has 2 N–H and O–H groups in total. The Labute approximate surface area is 124 Å². The lowest BCUT2D eigenvalue weighted by atomic mass is 9.86. The molecule has 0 aliphatic carbocycles. The lowest BCUT2D eigenvalue weighted by Crippen LogP contribution is -2.41. The summed E-state index contributed by atoms with van der Waals surface area (Å²) in [7, 11) is 0. The Balaban J connectivity index is 2.09. The van der Waals surface area contributed by atoms with Crippen molar-refractivity contribution in [3.63, 3.8) is 0 Å². The smallest absolute Gasteiger partial charge is 0.287 e. The van der Waals surface area contributed by atoms with Crippen LogP contribution in [0.5, 0.6) is 0 Å². The van der Waals surface area contributed by atoms with E-state index in [0.717, 1.165) is 5.56 Å². The van der Waals surface area contributed by atoms with E-state index in [1.807, 2.05) is 30.3 Å². The van der Waals surface area contributed by atoms with Crippen LogP contribution in [0.2, 0.25) is 0 Å². The highest BCUT2D eigenvalue weighted by atomic mass is 16.2. The molecule has 1 aromatic carbocycles. The number of benzene rings is 1. The molecule has 1 heterocycles. The van der Waals surface area contributed by atoms with E-state index in [0.29, 0.717) is 6.42 Å². The number of ketones is 1. The molecule has 0 saturated carbocycles. The second-order valence-corrected chi connectivity index (χ2v) is 5.64. The van der Waals surface area contributed by atoms with Gasteiger partial charge >= 0.3 is 0 Å². The standard InChI is InChI=1S/C16H20N2O3/c1-10(2)18-16(21)14(19)13-9-17-15(20)12(13)8-11-6-4-3-5-7-11/h3-7,10,12-13H,8-9H2,1-2H3,(H,17,20)(H,18,21)/t12-,13+/m1/s1. The number of hydrogen-bond acceptors (Lipinski definition) is 3. The number of carbonyl (C=O) groups is 3. The van der Waals surface area contributed by atoms with Crippen molar-refractivity contribution in [2.75, 3.05) is 6.54 Å². The highest BCUT2D eigenvalue weighted by Crippen LogP contribution is 2.23. The Morgan fingerprint density at radius 3 is 2.57 bits per heavy atom. The molecule has 2 rings (SSSR count). The molecule has 5 heteroatoms. The normalized spacial score (nSPS) is 21.2. The number of rotatable bonds is 5. The van der Waals surface area contributed by atoms with Gasteiger partial charge in [0.25, 0.3) is 5.91 Å². The van der Waals surface area contributed by atoms with Crippen LogP contribution in [0.4, 0.5) is 0 Å². The summed E-state index contributed by atoms with van der Waals surface area (Å²) in [5.41, 5.74) is 0.988. The molecular weight excluding hydrogens is 268 g/mol. The molecule has 0 spiro atoms. The average molecular weight is 288 g/mol. The molecule has 0 aromatic heterocycles. The van der Waals surface area contributed by atoms with Crippen molar-refractivity contribution in [1.82, 2.24) is 10.6 Å². The van der Waals surface area contributed by atoms with E-state index in [4.69, 9.17) is 0 Å². The fourth-order valence-corrected chi connectivity index (χ4v) is 2.55. The van der Waals surface area contributed by atoms with Crippen LogP contribution >= 0.6 is 0 Å². The van der Waals surface area contributed by atoms with E-state index in [2.05, 4.69) is 10.6 Å². The molecule has 2 atom stereocenters. The first-order valence-electron chi connectivity index (χ1n) is 7.15. The summed E-state index contributed by atoms with van der Waals surface area (Å²) in [6.07, 6.45) is 0.470. The van der Waals surface area contributed by atoms with Gasteiger partial charge in [-0.3, -0.25) is 14.4 Å². The Morgan fingerprint density at radius 1 is 1.29 bits per heavy atom. The first-order valence-corrected chi connectivity index (χ1v) is 7.15. The summed E-state index contributed by atoms with van der Waals surface area (Å²) in [4.78, 5) is 36.0. The van der Waals surface area contributed by atoms with E-state index in [1.54, 1.807) is 13.8 Å². The summed E-state index contributed by atoms with van der Waals surface area (Å²) in [5.74, 6) is -2.34. The van der Waals surface area contributed by atoms with Gasteiger partial charge in [0.15, 0.2) is 0 Å². The summed E-state index contributed by atoms with van der Waals surface area (Å²) in [6.45, 7) is 3.83. The first-order chi connectivity index (χ1) is 9.99. The van der Waals surface area contributed by atoms with Crippen LogP contribution in [-0.2, 0) is 20.8 Å². The van der Waals surface area contributed by atoms with Gasteiger partial charge in [0, 0.05) is 12.6 Å². The maximum atomic E-state index is 12.2. The van der Waals surface area contributed by atoms with E-state index in [9.17, 15) is 14.4 Å². The van der Waals surface area contributed by atoms with Gasteiger partial charge in [0.05, 0.1) is 11.8 Å². The average Bonchev–Trinajstić information content (AvgIpc) is 2.80. The van der Waals surface area contributed by atoms with Crippen molar-refractivity contribution < 1.29 is 14.4 Å². The SMILES string of the molecule is CC(C)NC(=O)C(=O)[C@H]1CNC(=O)[C@@H]1Cc1ccccc1. The molecule has 1 fully saturated rings. The Hall–Kier alpha value is -2.17. The number of nitrogens with one attached hydrogen (secondary N) is 2. The number of Topliss-reactive ketones (excluding diaryl/α,β-unsaturated/α-hetero) is 1. The van der Waals surface area contributed by atoms with Crippen LogP contribution in [0.3, 0.4) is 0 Å². The van der Waals surface area contributed by atoms with Gasteiger partial charge in [-0.05, 0) is 25.8 Å². The van der Waals surface area contributed by atoms with Crippen LogP contribution in [0, 0.1) is 11.8 Å². The second-order valence-electron chi connectivity index (χ2n) is 5.64. The van der Waals surface area contributed by atoms with Crippen LogP contribution in [-0.4, -0.2) is 30.2 Å². The molecule has 5 nitrogen and oxygen atoms in total. The van der Waals surface area contributed by atoms with Gasteiger partial charge in [-0.15, -0.1) is 0 Å². The third-order valence-corrected chi connectivity index (χ3v) is 3.60. The topological polar surface area (TPSA) is 75.3 Å². The van der Waals surface area contributed by atoms with E-state index in [-0.39, 0.29) is 18.5 Å². The van der Waals surface area contributed by atoms with E-state index >= 15 is 0 Å². The molecule has 0 bridgehead atoms. The Bertz CT molecular complexity index is 540. The van der Waals surface area contributed by atoms with Crippen molar-refractivity contribution in [2.24, 2.45) is 11.8 Å². The molecule has 0 radical (unpaired) electrons. The zero-order valence-corrected chi connectivity index (χ0v) is 12.3. The maximum Gasteiger partial charge on any atom is 0.287 e. The largest absolute Gasteiger partial charge is 0.355 e. The monoisotopic (exact) mass is 288 g/mol. The van der Waals surface area contributed by atoms with Crippen LogP contribution in [0.15, 0.2) is 30.3 Å². The van der Waals surface area contributed by atoms with Crippen LogP contribution in [0.1, 0.15) is 19.4 Å². The first kappa shape index (κ1) is 15.2. The summed E-state index contributed by atoms with van der Waals surface area (Å²) in [6, 6.07) is 9.42. The van der Waals surface area contributed by atoms with Crippen molar-refractivity contribution in [3.8, 4) is 0 Å². The van der Waals surface area contributed by atoms with Crippen LogP contribution in [0.25, 0.3) is 0 Å². The van der Waals surface area contributed by atoms with Gasteiger partial charge in [-0.2, -0.15) is 0 Å². The third kappa shape index (κ3) is 3.68. The summed E-state index contributed by atoms with van der Waals surface area (Å²) in [5, 5.41) is 5.28. The molecule has 0 unspecified atom stereocenters. The minimum Gasteiger partial charge on any atom is -0.355 e. The maximum absolute atomic E-state index is 12.2. The number of hydrogen-bond donors (Lipinski definition) is 2. The fourth-order valence-electron chi connectivity index (χ4n) is 2.55. The summed E-state index contributed by atoms with van der Waals surface area (Å²) >= 11 is 0. The molecule has 1 aromatic rings. The van der Waals surface area contributed by atoms with Gasteiger partial charge in [0.1, 0.15) is 0 Å². The molecule has 2 amide bonds. The van der Waals surface area contributed by atoms with Gasteiger partial charge in [-0.25, -0.2) is 0 Å². The molecular formula is C16H20N2O3. The highest BCUT2D eigenvalue weighted by molar-refractivity contribution is 6.37. The Kier molecular flexibility index (Phi) is 4.73. The highest BCUT2D eigenvalue weighted by Gasteiger charge is 2.41. The van der Waals surface area contributed by atoms with E-state index in [1.165, 1.54) is 0 Å². The van der Waals surface area contributed by atoms with Crippen molar-refractivity contribution in [3.05, 3.63) is 35.9 Å². The van der Waals surface area contributed by atoms with Crippen molar-refractivity contribution in [2.45, 2.75) is 26.3 Å². The van der Waals surface area contributed by atoms with Gasteiger partial charge < -0.3 is 10.6 Å². The van der Waals surface area contributed by atoms with Gasteiger partial charge in [-0.1, -0.05) is 30.3 Å².